The van der Waals surface area contributed by atoms with Gasteiger partial charge in [0.1, 0.15) is 11.6 Å². The molecule has 0 saturated heterocycles. The summed E-state index contributed by atoms with van der Waals surface area (Å²) in [5.74, 6) is -0.165. The summed E-state index contributed by atoms with van der Waals surface area (Å²) >= 11 is 5.84. The number of benzene rings is 2. The summed E-state index contributed by atoms with van der Waals surface area (Å²) in [4.78, 5) is 11.9. The minimum atomic E-state index is -0.696. The average Bonchev–Trinajstić information content (AvgIpc) is 2.41. The van der Waals surface area contributed by atoms with E-state index in [4.69, 9.17) is 16.3 Å². The Hall–Kier alpha value is -2.07. The Kier molecular flexibility index (Phi) is 4.58. The predicted molar refractivity (Wildman–Crippen MR) is 76.6 cm³/mol. The lowest BCUT2D eigenvalue weighted by Gasteiger charge is -2.14. The first-order valence-corrected chi connectivity index (χ1v) is 6.41. The van der Waals surface area contributed by atoms with Gasteiger partial charge in [-0.1, -0.05) is 17.7 Å². The Bertz CT molecular complexity index is 601. The zero-order chi connectivity index (χ0) is 14.5. The molecule has 2 aromatic rings. The second kappa shape index (κ2) is 6.39. The fourth-order valence-electron chi connectivity index (χ4n) is 1.58. The van der Waals surface area contributed by atoms with Gasteiger partial charge in [-0.15, -0.1) is 0 Å². The Morgan fingerprint density at radius 2 is 1.95 bits per heavy atom. The molecule has 5 heteroatoms. The van der Waals surface area contributed by atoms with Crippen molar-refractivity contribution in [2.75, 3.05) is 5.32 Å². The van der Waals surface area contributed by atoms with Crippen molar-refractivity contribution in [3.63, 3.8) is 0 Å². The van der Waals surface area contributed by atoms with Gasteiger partial charge >= 0.3 is 0 Å². The van der Waals surface area contributed by atoms with Crippen LogP contribution in [0.5, 0.6) is 5.75 Å². The molecule has 0 spiro atoms. The van der Waals surface area contributed by atoms with Crippen molar-refractivity contribution in [2.45, 2.75) is 13.0 Å². The molecular weight excluding hydrogens is 281 g/mol. The van der Waals surface area contributed by atoms with Crippen LogP contribution in [0.3, 0.4) is 0 Å². The molecule has 0 radical (unpaired) electrons. The molecule has 1 amide bonds. The summed E-state index contributed by atoms with van der Waals surface area (Å²) in [7, 11) is 0. The van der Waals surface area contributed by atoms with Crippen LogP contribution in [0.4, 0.5) is 10.1 Å². The van der Waals surface area contributed by atoms with E-state index >= 15 is 0 Å². The Balaban J connectivity index is 1.96. The van der Waals surface area contributed by atoms with Gasteiger partial charge in [-0.2, -0.15) is 0 Å². The van der Waals surface area contributed by atoms with E-state index in [1.165, 1.54) is 24.3 Å². The molecule has 0 aliphatic rings. The molecule has 2 aromatic carbocycles. The molecule has 0 aliphatic heterocycles. The van der Waals surface area contributed by atoms with Gasteiger partial charge in [-0.25, -0.2) is 4.39 Å². The molecule has 0 fully saturated rings. The maximum atomic E-state index is 12.8. The second-order valence-corrected chi connectivity index (χ2v) is 4.65. The van der Waals surface area contributed by atoms with Crippen LogP contribution in [0.1, 0.15) is 6.92 Å². The Labute approximate surface area is 121 Å². The topological polar surface area (TPSA) is 38.3 Å². The van der Waals surface area contributed by atoms with Crippen molar-refractivity contribution in [3.05, 3.63) is 59.4 Å². The van der Waals surface area contributed by atoms with E-state index in [1.807, 2.05) is 0 Å². The van der Waals surface area contributed by atoms with Crippen molar-refractivity contribution in [3.8, 4) is 5.75 Å². The van der Waals surface area contributed by atoms with Crippen molar-refractivity contribution < 1.29 is 13.9 Å². The monoisotopic (exact) mass is 293 g/mol. The SMILES string of the molecule is CC(Oc1cccc(Cl)c1)C(=O)Nc1ccc(F)cc1. The highest BCUT2D eigenvalue weighted by Crippen LogP contribution is 2.18. The highest BCUT2D eigenvalue weighted by molar-refractivity contribution is 6.30. The van der Waals surface area contributed by atoms with Gasteiger partial charge in [0.05, 0.1) is 0 Å². The van der Waals surface area contributed by atoms with Crippen molar-refractivity contribution in [1.82, 2.24) is 0 Å². The number of anilines is 1. The molecule has 0 aromatic heterocycles. The second-order valence-electron chi connectivity index (χ2n) is 4.21. The number of halogens is 2. The van der Waals surface area contributed by atoms with Crippen LogP contribution in [0.2, 0.25) is 5.02 Å². The third kappa shape index (κ3) is 3.96. The van der Waals surface area contributed by atoms with Crippen LogP contribution in [0.25, 0.3) is 0 Å². The lowest BCUT2D eigenvalue weighted by Crippen LogP contribution is -2.30. The van der Waals surface area contributed by atoms with Gasteiger partial charge in [-0.3, -0.25) is 4.79 Å². The molecule has 1 N–H and O–H groups in total. The van der Waals surface area contributed by atoms with Gasteiger partial charge in [0.15, 0.2) is 6.10 Å². The molecule has 104 valence electrons. The standard InChI is InChI=1S/C15H13ClFNO2/c1-10(20-14-4-2-3-11(16)9-14)15(19)18-13-7-5-12(17)6-8-13/h2-10H,1H3,(H,18,19). The molecule has 20 heavy (non-hydrogen) atoms. The van der Waals surface area contributed by atoms with E-state index in [0.717, 1.165) is 0 Å². The minimum Gasteiger partial charge on any atom is -0.481 e. The number of carbonyl (C=O) groups excluding carboxylic acids is 1. The molecule has 3 nitrogen and oxygen atoms in total. The van der Waals surface area contributed by atoms with Crippen LogP contribution < -0.4 is 10.1 Å². The summed E-state index contributed by atoms with van der Waals surface area (Å²) < 4.78 is 18.2. The first-order chi connectivity index (χ1) is 9.54. The van der Waals surface area contributed by atoms with E-state index in [9.17, 15) is 9.18 Å². The average molecular weight is 294 g/mol. The summed E-state index contributed by atoms with van der Waals surface area (Å²) in [6.07, 6.45) is -0.696. The van der Waals surface area contributed by atoms with Gasteiger partial charge in [-0.05, 0) is 49.4 Å². The van der Waals surface area contributed by atoms with Crippen molar-refractivity contribution in [1.29, 1.82) is 0 Å². The van der Waals surface area contributed by atoms with E-state index in [0.29, 0.717) is 16.5 Å². The van der Waals surface area contributed by atoms with Crippen LogP contribution in [-0.2, 0) is 4.79 Å². The molecule has 1 atom stereocenters. The third-order valence-corrected chi connectivity index (χ3v) is 2.83. The number of hydrogen-bond acceptors (Lipinski definition) is 2. The number of carbonyl (C=O) groups is 1. The summed E-state index contributed by atoms with van der Waals surface area (Å²) in [5, 5.41) is 3.18. The zero-order valence-corrected chi connectivity index (χ0v) is 11.5. The minimum absolute atomic E-state index is 0.323. The number of amides is 1. The lowest BCUT2D eigenvalue weighted by atomic mass is 10.3. The number of nitrogens with one attached hydrogen (secondary N) is 1. The molecule has 0 saturated carbocycles. The zero-order valence-electron chi connectivity index (χ0n) is 10.8. The maximum Gasteiger partial charge on any atom is 0.265 e. The smallest absolute Gasteiger partial charge is 0.265 e. The summed E-state index contributed by atoms with van der Waals surface area (Å²) in [5.41, 5.74) is 0.512. The van der Waals surface area contributed by atoms with Gasteiger partial charge in [0.2, 0.25) is 0 Å². The Morgan fingerprint density at radius 3 is 2.60 bits per heavy atom. The molecule has 1 unspecified atom stereocenters. The third-order valence-electron chi connectivity index (χ3n) is 2.59. The van der Waals surface area contributed by atoms with Crippen LogP contribution in [0, 0.1) is 5.82 Å². The molecule has 0 aliphatic carbocycles. The van der Waals surface area contributed by atoms with E-state index in [2.05, 4.69) is 5.32 Å². The fraction of sp³-hybridized carbons (Fsp3) is 0.133. The highest BCUT2D eigenvalue weighted by Gasteiger charge is 2.15. The van der Waals surface area contributed by atoms with Crippen LogP contribution >= 0.6 is 11.6 Å². The normalized spacial score (nSPS) is 11.8. The summed E-state index contributed by atoms with van der Waals surface area (Å²) in [6, 6.07) is 12.3. The highest BCUT2D eigenvalue weighted by atomic mass is 35.5. The van der Waals surface area contributed by atoms with Crippen LogP contribution in [0.15, 0.2) is 48.5 Å². The first kappa shape index (κ1) is 14.3. The fourth-order valence-corrected chi connectivity index (χ4v) is 1.76. The van der Waals surface area contributed by atoms with Crippen molar-refractivity contribution >= 4 is 23.2 Å². The van der Waals surface area contributed by atoms with Crippen LogP contribution in [-0.4, -0.2) is 12.0 Å². The number of hydrogen-bond donors (Lipinski definition) is 1. The number of rotatable bonds is 4. The number of ether oxygens (including phenoxy) is 1. The molecular formula is C15H13ClFNO2. The van der Waals surface area contributed by atoms with E-state index < -0.39 is 6.10 Å². The largest absolute Gasteiger partial charge is 0.481 e. The molecule has 0 bridgehead atoms. The van der Waals surface area contributed by atoms with Gasteiger partial charge in [0.25, 0.3) is 5.91 Å². The first-order valence-electron chi connectivity index (χ1n) is 6.03. The van der Waals surface area contributed by atoms with E-state index in [-0.39, 0.29) is 11.7 Å². The van der Waals surface area contributed by atoms with Gasteiger partial charge < -0.3 is 10.1 Å². The quantitative estimate of drug-likeness (QED) is 0.929. The molecule has 0 heterocycles. The Morgan fingerprint density at radius 1 is 1.25 bits per heavy atom. The van der Waals surface area contributed by atoms with Gasteiger partial charge in [0, 0.05) is 10.7 Å². The lowest BCUT2D eigenvalue weighted by molar-refractivity contribution is -0.122. The maximum absolute atomic E-state index is 12.8. The summed E-state index contributed by atoms with van der Waals surface area (Å²) in [6.45, 7) is 1.62. The predicted octanol–water partition coefficient (Wildman–Crippen LogP) is 3.89. The molecule has 2 rings (SSSR count). The van der Waals surface area contributed by atoms with Crippen molar-refractivity contribution in [2.24, 2.45) is 0 Å². The van der Waals surface area contributed by atoms with E-state index in [1.54, 1.807) is 31.2 Å².